The Kier molecular flexibility index (Phi) is 8.86. The van der Waals surface area contributed by atoms with Gasteiger partial charge < -0.3 is 24.8 Å². The van der Waals surface area contributed by atoms with Gasteiger partial charge in [-0.15, -0.1) is 0 Å². The van der Waals surface area contributed by atoms with Crippen LogP contribution in [0.25, 0.3) is 0 Å². The van der Waals surface area contributed by atoms with Gasteiger partial charge in [0.15, 0.2) is 11.5 Å². The fourth-order valence-electron chi connectivity index (χ4n) is 3.34. The van der Waals surface area contributed by atoms with Crippen molar-refractivity contribution in [2.24, 2.45) is 0 Å². The van der Waals surface area contributed by atoms with Crippen LogP contribution in [-0.4, -0.2) is 44.8 Å². The molecule has 0 aromatic heterocycles. The highest BCUT2D eigenvalue weighted by atomic mass is 19.1. The van der Waals surface area contributed by atoms with Crippen molar-refractivity contribution in [3.8, 4) is 11.5 Å². The van der Waals surface area contributed by atoms with Crippen molar-refractivity contribution in [3.05, 3.63) is 59.4 Å². The molecule has 2 aromatic carbocycles. The maximum atomic E-state index is 12.9. The zero-order valence-corrected chi connectivity index (χ0v) is 18.2. The van der Waals surface area contributed by atoms with Gasteiger partial charge in [0, 0.05) is 31.7 Å². The molecule has 2 amide bonds. The molecule has 1 heterocycles. The molecule has 172 valence electrons. The first kappa shape index (κ1) is 23.5. The van der Waals surface area contributed by atoms with Crippen LogP contribution < -0.4 is 20.1 Å². The van der Waals surface area contributed by atoms with Crippen molar-refractivity contribution in [3.63, 3.8) is 0 Å². The molecule has 0 bridgehead atoms. The monoisotopic (exact) mass is 444 g/mol. The molecule has 1 aliphatic heterocycles. The Morgan fingerprint density at radius 3 is 2.66 bits per heavy atom. The molecule has 1 saturated heterocycles. The molecule has 2 aromatic rings. The van der Waals surface area contributed by atoms with Gasteiger partial charge >= 0.3 is 0 Å². The molecule has 2 N–H and O–H groups in total. The Labute approximate surface area is 187 Å². The number of carbonyl (C=O) groups is 2. The second-order valence-corrected chi connectivity index (χ2v) is 7.57. The first-order chi connectivity index (χ1) is 15.5. The van der Waals surface area contributed by atoms with Gasteiger partial charge in [-0.25, -0.2) is 4.39 Å². The van der Waals surface area contributed by atoms with Crippen molar-refractivity contribution < 1.29 is 28.2 Å². The Balaban J connectivity index is 1.36. The fraction of sp³-hybridized carbons (Fsp3) is 0.417. The third-order valence-corrected chi connectivity index (χ3v) is 5.14. The van der Waals surface area contributed by atoms with Gasteiger partial charge in [-0.1, -0.05) is 6.07 Å². The molecule has 0 saturated carbocycles. The van der Waals surface area contributed by atoms with Crippen LogP contribution in [0, 0.1) is 5.82 Å². The molecule has 1 unspecified atom stereocenters. The number of benzene rings is 2. The topological polar surface area (TPSA) is 85.9 Å². The molecular weight excluding hydrogens is 415 g/mol. The van der Waals surface area contributed by atoms with Crippen LogP contribution in [0.3, 0.4) is 0 Å². The average Bonchev–Trinajstić information content (AvgIpc) is 3.33. The normalized spacial score (nSPS) is 15.2. The summed E-state index contributed by atoms with van der Waals surface area (Å²) in [6, 6.07) is 10.9. The number of nitrogens with one attached hydrogen (secondary N) is 2. The van der Waals surface area contributed by atoms with E-state index >= 15 is 0 Å². The van der Waals surface area contributed by atoms with Gasteiger partial charge in [0.1, 0.15) is 12.4 Å². The quantitative estimate of drug-likeness (QED) is 0.520. The van der Waals surface area contributed by atoms with E-state index in [1.54, 1.807) is 7.11 Å². The number of hydrogen-bond acceptors (Lipinski definition) is 5. The van der Waals surface area contributed by atoms with E-state index in [2.05, 4.69) is 10.6 Å². The third kappa shape index (κ3) is 7.23. The summed E-state index contributed by atoms with van der Waals surface area (Å²) in [6.07, 6.45) is 2.97. The van der Waals surface area contributed by atoms with E-state index in [9.17, 15) is 14.0 Å². The number of ether oxygens (including phenoxy) is 3. The lowest BCUT2D eigenvalue weighted by atomic mass is 10.2. The minimum Gasteiger partial charge on any atom is -0.493 e. The van der Waals surface area contributed by atoms with Gasteiger partial charge in [0.05, 0.1) is 13.2 Å². The van der Waals surface area contributed by atoms with Gasteiger partial charge in [-0.3, -0.25) is 9.59 Å². The zero-order valence-electron chi connectivity index (χ0n) is 18.2. The smallest absolute Gasteiger partial charge is 0.251 e. The first-order valence-electron chi connectivity index (χ1n) is 10.8. The van der Waals surface area contributed by atoms with E-state index in [-0.39, 0.29) is 24.3 Å². The van der Waals surface area contributed by atoms with Gasteiger partial charge in [0.25, 0.3) is 5.91 Å². The van der Waals surface area contributed by atoms with Crippen LogP contribution in [0.5, 0.6) is 11.5 Å². The first-order valence-corrected chi connectivity index (χ1v) is 10.8. The Morgan fingerprint density at radius 1 is 1.12 bits per heavy atom. The van der Waals surface area contributed by atoms with Crippen molar-refractivity contribution in [2.45, 2.75) is 38.3 Å². The molecule has 8 heteroatoms. The van der Waals surface area contributed by atoms with E-state index in [4.69, 9.17) is 14.2 Å². The Morgan fingerprint density at radius 2 is 1.94 bits per heavy atom. The molecule has 0 spiro atoms. The molecular formula is C24H29FN2O5. The van der Waals surface area contributed by atoms with Crippen LogP contribution in [0.2, 0.25) is 0 Å². The highest BCUT2D eigenvalue weighted by Gasteiger charge is 2.17. The number of hydrogen-bond donors (Lipinski definition) is 2. The van der Waals surface area contributed by atoms with E-state index in [0.717, 1.165) is 25.0 Å². The maximum absolute atomic E-state index is 12.9. The van der Waals surface area contributed by atoms with E-state index in [0.29, 0.717) is 43.2 Å². The maximum Gasteiger partial charge on any atom is 0.251 e. The summed E-state index contributed by atoms with van der Waals surface area (Å²) in [5, 5.41) is 5.58. The van der Waals surface area contributed by atoms with Crippen LogP contribution >= 0.6 is 0 Å². The van der Waals surface area contributed by atoms with E-state index < -0.39 is 5.82 Å². The lowest BCUT2D eigenvalue weighted by Crippen LogP contribution is -2.27. The number of halogens is 1. The summed E-state index contributed by atoms with van der Waals surface area (Å²) in [4.78, 5) is 24.1. The SMILES string of the molecule is COc1cc(CNC(=O)CCCNC(=O)c2ccc(F)cc2)ccc1OCC1CCCO1. The second kappa shape index (κ2) is 12.0. The lowest BCUT2D eigenvalue weighted by molar-refractivity contribution is -0.121. The summed E-state index contributed by atoms with van der Waals surface area (Å²) >= 11 is 0. The molecule has 7 nitrogen and oxygen atoms in total. The summed E-state index contributed by atoms with van der Waals surface area (Å²) in [7, 11) is 1.58. The lowest BCUT2D eigenvalue weighted by Gasteiger charge is -2.15. The summed E-state index contributed by atoms with van der Waals surface area (Å²) in [5.74, 6) is 0.461. The van der Waals surface area contributed by atoms with Gasteiger partial charge in [-0.05, 0) is 61.2 Å². The standard InChI is InChI=1S/C24H29FN2O5/c1-30-22-14-17(6-11-21(22)32-16-20-4-3-13-31-20)15-27-23(28)5-2-12-26-24(29)18-7-9-19(25)10-8-18/h6-11,14,20H,2-5,12-13,15-16H2,1H3,(H,26,29)(H,27,28). The predicted octanol–water partition coefficient (Wildman–Crippen LogP) is 3.22. The minimum atomic E-state index is -0.392. The van der Waals surface area contributed by atoms with E-state index in [1.165, 1.54) is 24.3 Å². The van der Waals surface area contributed by atoms with Crippen LogP contribution in [0.4, 0.5) is 4.39 Å². The second-order valence-electron chi connectivity index (χ2n) is 7.57. The van der Waals surface area contributed by atoms with Crippen molar-refractivity contribution in [1.82, 2.24) is 10.6 Å². The summed E-state index contributed by atoms with van der Waals surface area (Å²) in [5.41, 5.74) is 1.28. The molecule has 0 radical (unpaired) electrons. The number of methoxy groups -OCH3 is 1. The molecule has 1 atom stereocenters. The zero-order chi connectivity index (χ0) is 22.8. The summed E-state index contributed by atoms with van der Waals surface area (Å²) < 4.78 is 29.7. The van der Waals surface area contributed by atoms with Gasteiger partial charge in [-0.2, -0.15) is 0 Å². The van der Waals surface area contributed by atoms with Crippen LogP contribution in [0.1, 0.15) is 41.6 Å². The summed E-state index contributed by atoms with van der Waals surface area (Å²) in [6.45, 7) is 1.99. The minimum absolute atomic E-state index is 0.112. The Bertz CT molecular complexity index is 898. The van der Waals surface area contributed by atoms with Crippen LogP contribution in [-0.2, 0) is 16.1 Å². The van der Waals surface area contributed by atoms with Crippen LogP contribution in [0.15, 0.2) is 42.5 Å². The average molecular weight is 445 g/mol. The van der Waals surface area contributed by atoms with Crippen molar-refractivity contribution in [2.75, 3.05) is 26.9 Å². The Hall–Kier alpha value is -3.13. The highest BCUT2D eigenvalue weighted by molar-refractivity contribution is 5.94. The number of rotatable bonds is 11. The molecule has 1 aliphatic rings. The molecule has 3 rings (SSSR count). The fourth-order valence-corrected chi connectivity index (χ4v) is 3.34. The number of amides is 2. The molecule has 32 heavy (non-hydrogen) atoms. The largest absolute Gasteiger partial charge is 0.493 e. The molecule has 0 aliphatic carbocycles. The van der Waals surface area contributed by atoms with Crippen molar-refractivity contribution in [1.29, 1.82) is 0 Å². The predicted molar refractivity (Wildman–Crippen MR) is 117 cm³/mol. The molecule has 1 fully saturated rings. The van der Waals surface area contributed by atoms with Gasteiger partial charge in [0.2, 0.25) is 5.91 Å². The highest BCUT2D eigenvalue weighted by Crippen LogP contribution is 2.29. The van der Waals surface area contributed by atoms with E-state index in [1.807, 2.05) is 18.2 Å². The third-order valence-electron chi connectivity index (χ3n) is 5.14. The van der Waals surface area contributed by atoms with Crippen molar-refractivity contribution >= 4 is 11.8 Å². The number of carbonyl (C=O) groups excluding carboxylic acids is 2.